The van der Waals surface area contributed by atoms with E-state index in [0.29, 0.717) is 11.5 Å². The zero-order valence-corrected chi connectivity index (χ0v) is 20.5. The van der Waals surface area contributed by atoms with Crippen LogP contribution in [0.2, 0.25) is 0 Å². The minimum absolute atomic E-state index is 0.0687. The second-order valence-electron chi connectivity index (χ2n) is 8.46. The van der Waals surface area contributed by atoms with E-state index in [1.165, 1.54) is 29.2 Å². The molecule has 4 rings (SSSR count). The van der Waals surface area contributed by atoms with Crippen molar-refractivity contribution in [3.05, 3.63) is 84.4 Å². The molecule has 8 nitrogen and oxygen atoms in total. The summed E-state index contributed by atoms with van der Waals surface area (Å²) in [4.78, 5) is 25.8. The number of hydrogen-bond donors (Lipinski definition) is 2. The summed E-state index contributed by atoms with van der Waals surface area (Å²) in [6.45, 7) is -0.480. The van der Waals surface area contributed by atoms with Crippen molar-refractivity contribution >= 4 is 27.5 Å². The van der Waals surface area contributed by atoms with Crippen LogP contribution in [0.3, 0.4) is 0 Å². The fourth-order valence-corrected chi connectivity index (χ4v) is 4.77. The summed E-state index contributed by atoms with van der Waals surface area (Å²) in [6.07, 6.45) is -0.807. The molecule has 0 aliphatic carbocycles. The molecule has 0 saturated carbocycles. The van der Waals surface area contributed by atoms with Gasteiger partial charge < -0.3 is 15.0 Å². The summed E-state index contributed by atoms with van der Waals surface area (Å²) < 4.78 is 60.7. The zero-order valence-electron chi connectivity index (χ0n) is 19.7. The fourth-order valence-electron chi connectivity index (χ4n) is 3.70. The molecule has 37 heavy (non-hydrogen) atoms. The van der Waals surface area contributed by atoms with E-state index >= 15 is 0 Å². The van der Waals surface area contributed by atoms with Crippen molar-refractivity contribution in [2.24, 2.45) is 0 Å². The number of para-hydroxylation sites is 3. The number of carbonyl (C=O) groups is 2. The lowest BCUT2D eigenvalue weighted by molar-refractivity contribution is -0.136. The Morgan fingerprint density at radius 3 is 2.19 bits per heavy atom. The number of likely N-dealkylation sites (tertiary alicyclic amines) is 1. The van der Waals surface area contributed by atoms with Crippen molar-refractivity contribution < 1.29 is 31.5 Å². The van der Waals surface area contributed by atoms with E-state index in [1.807, 2.05) is 6.07 Å². The van der Waals surface area contributed by atoms with E-state index in [9.17, 15) is 26.8 Å². The molecule has 2 amide bonds. The summed E-state index contributed by atoms with van der Waals surface area (Å²) in [5.74, 6) is -2.96. The lowest BCUT2D eigenvalue weighted by atomic mass is 10.1. The van der Waals surface area contributed by atoms with Crippen LogP contribution in [0.25, 0.3) is 0 Å². The van der Waals surface area contributed by atoms with Crippen molar-refractivity contribution in [2.75, 3.05) is 24.4 Å². The Bertz CT molecular complexity index is 1360. The number of piperidine rings is 1. The number of ether oxygens (including phenoxy) is 1. The second kappa shape index (κ2) is 11.0. The molecule has 0 unspecified atom stereocenters. The first kappa shape index (κ1) is 26.1. The zero-order chi connectivity index (χ0) is 26.5. The fraction of sp³-hybridized carbons (Fsp3) is 0.231. The van der Waals surface area contributed by atoms with Gasteiger partial charge in [-0.3, -0.25) is 14.3 Å². The molecule has 0 atom stereocenters. The number of hydrogen-bond acceptors (Lipinski definition) is 5. The minimum atomic E-state index is -4.00. The number of amides is 2. The Hall–Kier alpha value is -3.99. The van der Waals surface area contributed by atoms with Gasteiger partial charge in [-0.05, 0) is 48.5 Å². The molecule has 0 radical (unpaired) electrons. The number of anilines is 1. The largest absolute Gasteiger partial charge is 0.455 e. The van der Waals surface area contributed by atoms with Crippen molar-refractivity contribution in [2.45, 2.75) is 23.7 Å². The van der Waals surface area contributed by atoms with Gasteiger partial charge in [-0.1, -0.05) is 30.3 Å². The van der Waals surface area contributed by atoms with Crippen LogP contribution in [-0.2, 0) is 14.8 Å². The maximum absolute atomic E-state index is 13.3. The highest BCUT2D eigenvalue weighted by molar-refractivity contribution is 7.92. The van der Waals surface area contributed by atoms with Crippen LogP contribution in [0.5, 0.6) is 11.5 Å². The highest BCUT2D eigenvalue weighted by atomic mass is 32.2. The van der Waals surface area contributed by atoms with Gasteiger partial charge in [-0.25, -0.2) is 17.2 Å². The number of halogens is 2. The SMILES string of the molecule is O=C(NCC(=O)N1CCC(F)(F)CC1)c1ccc(S(=O)(=O)Nc2ccccc2Oc2ccccc2)cc1. The average Bonchev–Trinajstić information content (AvgIpc) is 2.89. The van der Waals surface area contributed by atoms with Gasteiger partial charge in [0.2, 0.25) is 5.91 Å². The van der Waals surface area contributed by atoms with Crippen LogP contribution in [-0.4, -0.2) is 50.7 Å². The Morgan fingerprint density at radius 2 is 1.51 bits per heavy atom. The maximum atomic E-state index is 13.3. The Labute approximate surface area is 213 Å². The first-order valence-electron chi connectivity index (χ1n) is 11.5. The van der Waals surface area contributed by atoms with Crippen LogP contribution in [0.1, 0.15) is 23.2 Å². The molecule has 0 spiro atoms. The molecular weight excluding hydrogens is 504 g/mol. The number of nitrogens with one attached hydrogen (secondary N) is 2. The van der Waals surface area contributed by atoms with Crippen molar-refractivity contribution in [3.63, 3.8) is 0 Å². The Balaban J connectivity index is 1.37. The van der Waals surface area contributed by atoms with Gasteiger partial charge in [-0.2, -0.15) is 0 Å². The molecule has 3 aromatic carbocycles. The summed E-state index contributed by atoms with van der Waals surface area (Å²) in [5.41, 5.74) is 0.381. The van der Waals surface area contributed by atoms with Gasteiger partial charge in [0.1, 0.15) is 5.75 Å². The number of sulfonamides is 1. The third-order valence-corrected chi connectivity index (χ3v) is 7.16. The normalized spacial score (nSPS) is 15.0. The molecule has 1 heterocycles. The lowest BCUT2D eigenvalue weighted by Gasteiger charge is -2.31. The van der Waals surface area contributed by atoms with Gasteiger partial charge in [0, 0.05) is 31.5 Å². The average molecular weight is 530 g/mol. The number of alkyl halides is 2. The van der Waals surface area contributed by atoms with E-state index in [0.717, 1.165) is 0 Å². The first-order valence-corrected chi connectivity index (χ1v) is 13.0. The molecule has 194 valence electrons. The van der Waals surface area contributed by atoms with Crippen LogP contribution >= 0.6 is 0 Å². The molecule has 0 aromatic heterocycles. The quantitative estimate of drug-likeness (QED) is 0.454. The molecule has 1 aliphatic rings. The number of nitrogens with zero attached hydrogens (tertiary/aromatic N) is 1. The molecule has 1 saturated heterocycles. The van der Waals surface area contributed by atoms with E-state index in [1.54, 1.807) is 48.5 Å². The maximum Gasteiger partial charge on any atom is 0.262 e. The van der Waals surface area contributed by atoms with Crippen LogP contribution < -0.4 is 14.8 Å². The van der Waals surface area contributed by atoms with E-state index in [2.05, 4.69) is 10.0 Å². The number of rotatable bonds is 8. The Kier molecular flexibility index (Phi) is 7.72. The molecule has 1 aliphatic heterocycles. The third kappa shape index (κ3) is 6.82. The lowest BCUT2D eigenvalue weighted by Crippen LogP contribution is -2.46. The summed E-state index contributed by atoms with van der Waals surface area (Å²) in [6, 6.07) is 20.7. The van der Waals surface area contributed by atoms with Gasteiger partial charge in [0.05, 0.1) is 17.1 Å². The number of benzene rings is 3. The van der Waals surface area contributed by atoms with Gasteiger partial charge >= 0.3 is 0 Å². The van der Waals surface area contributed by atoms with Crippen LogP contribution in [0, 0.1) is 0 Å². The minimum Gasteiger partial charge on any atom is -0.455 e. The van der Waals surface area contributed by atoms with Crippen LogP contribution in [0.4, 0.5) is 14.5 Å². The molecule has 11 heteroatoms. The Morgan fingerprint density at radius 1 is 0.892 bits per heavy atom. The molecule has 2 N–H and O–H groups in total. The summed E-state index contributed by atoms with van der Waals surface area (Å²) >= 11 is 0. The number of carbonyl (C=O) groups excluding carboxylic acids is 2. The molecular formula is C26H25F2N3O5S. The van der Waals surface area contributed by atoms with Crippen molar-refractivity contribution in [1.29, 1.82) is 0 Å². The van der Waals surface area contributed by atoms with Crippen molar-refractivity contribution in [1.82, 2.24) is 10.2 Å². The topological polar surface area (TPSA) is 105 Å². The summed E-state index contributed by atoms with van der Waals surface area (Å²) in [7, 11) is -4.00. The highest BCUT2D eigenvalue weighted by Gasteiger charge is 2.35. The first-order chi connectivity index (χ1) is 17.6. The van der Waals surface area contributed by atoms with Crippen molar-refractivity contribution in [3.8, 4) is 11.5 Å². The van der Waals surface area contributed by atoms with Gasteiger partial charge in [0.15, 0.2) is 5.75 Å². The standard InChI is InChI=1S/C26H25F2N3O5S/c27-26(28)14-16-31(17-15-26)24(32)18-29-25(33)19-10-12-21(13-11-19)37(34,35)30-22-8-4-5-9-23(22)36-20-6-2-1-3-7-20/h1-13,30H,14-18H2,(H,29,33). The van der Waals surface area contributed by atoms with Gasteiger partial charge in [-0.15, -0.1) is 0 Å². The molecule has 0 bridgehead atoms. The predicted octanol–water partition coefficient (Wildman–Crippen LogP) is 4.27. The molecule has 3 aromatic rings. The van der Waals surface area contributed by atoms with E-state index in [-0.39, 0.29) is 35.8 Å². The monoisotopic (exact) mass is 529 g/mol. The van der Waals surface area contributed by atoms with E-state index < -0.39 is 40.6 Å². The highest BCUT2D eigenvalue weighted by Crippen LogP contribution is 2.31. The second-order valence-corrected chi connectivity index (χ2v) is 10.1. The van der Waals surface area contributed by atoms with E-state index in [4.69, 9.17) is 4.74 Å². The van der Waals surface area contributed by atoms with Gasteiger partial charge in [0.25, 0.3) is 21.9 Å². The third-order valence-electron chi connectivity index (χ3n) is 5.78. The summed E-state index contributed by atoms with van der Waals surface area (Å²) in [5, 5.41) is 2.45. The predicted molar refractivity (Wildman–Crippen MR) is 133 cm³/mol. The molecule has 1 fully saturated rings. The smallest absolute Gasteiger partial charge is 0.262 e. The van der Waals surface area contributed by atoms with Crippen LogP contribution in [0.15, 0.2) is 83.8 Å².